The zero-order valence-corrected chi connectivity index (χ0v) is 16.3. The Kier molecular flexibility index (Phi) is 4.75. The smallest absolute Gasteiger partial charge is 0.295 e. The fourth-order valence-electron chi connectivity index (χ4n) is 2.98. The molecule has 0 aliphatic carbocycles. The standard InChI is InChI=1S/C18H18N2O5S2/c1-27(22,23)16-9-8-14(25-16)17(21)20(11-12-5-4-10-24-12)18-19-13-6-2-3-7-15(13)26-18/h2-3,6-9,12H,4-5,10-11H2,1H3. The highest BCUT2D eigenvalue weighted by Gasteiger charge is 2.29. The predicted octanol–water partition coefficient (Wildman–Crippen LogP) is 3.12. The molecule has 0 N–H and O–H groups in total. The Morgan fingerprint density at radius 2 is 2.11 bits per heavy atom. The van der Waals surface area contributed by atoms with Crippen molar-refractivity contribution in [3.63, 3.8) is 0 Å². The Hall–Kier alpha value is -2.23. The molecule has 3 heterocycles. The average Bonchev–Trinajstić information content (AvgIpc) is 3.38. The van der Waals surface area contributed by atoms with Crippen LogP contribution in [0.5, 0.6) is 0 Å². The third-order valence-electron chi connectivity index (χ3n) is 4.33. The van der Waals surface area contributed by atoms with Gasteiger partial charge in [0, 0.05) is 12.9 Å². The van der Waals surface area contributed by atoms with Gasteiger partial charge in [0.15, 0.2) is 10.9 Å². The van der Waals surface area contributed by atoms with Crippen LogP contribution >= 0.6 is 11.3 Å². The number of amides is 1. The molecule has 7 nitrogen and oxygen atoms in total. The number of nitrogens with zero attached hydrogens (tertiary/aromatic N) is 2. The second-order valence-electron chi connectivity index (χ2n) is 6.41. The van der Waals surface area contributed by atoms with Crippen LogP contribution in [0.3, 0.4) is 0 Å². The number of ether oxygens (including phenoxy) is 1. The van der Waals surface area contributed by atoms with Crippen LogP contribution in [0.2, 0.25) is 0 Å². The number of anilines is 1. The maximum atomic E-state index is 13.1. The fourth-order valence-corrected chi connectivity index (χ4v) is 4.51. The highest BCUT2D eigenvalue weighted by molar-refractivity contribution is 7.90. The number of aromatic nitrogens is 1. The summed E-state index contributed by atoms with van der Waals surface area (Å²) in [6.07, 6.45) is 2.77. The molecule has 0 saturated carbocycles. The molecule has 1 amide bonds. The zero-order valence-electron chi connectivity index (χ0n) is 14.6. The zero-order chi connectivity index (χ0) is 19.0. The largest absolute Gasteiger partial charge is 0.440 e. The molecule has 3 aromatic rings. The van der Waals surface area contributed by atoms with Crippen LogP contribution in [0.4, 0.5) is 5.13 Å². The molecular formula is C18H18N2O5S2. The topological polar surface area (TPSA) is 89.7 Å². The van der Waals surface area contributed by atoms with Crippen molar-refractivity contribution >= 4 is 42.4 Å². The number of thiazole rings is 1. The Balaban J connectivity index is 1.70. The molecule has 0 radical (unpaired) electrons. The summed E-state index contributed by atoms with van der Waals surface area (Å²) in [4.78, 5) is 19.2. The summed E-state index contributed by atoms with van der Waals surface area (Å²) in [7, 11) is -3.52. The van der Waals surface area contributed by atoms with E-state index >= 15 is 0 Å². The minimum absolute atomic E-state index is 0.0346. The number of benzene rings is 1. The summed E-state index contributed by atoms with van der Waals surface area (Å²) in [6, 6.07) is 10.3. The van der Waals surface area contributed by atoms with Crippen molar-refractivity contribution in [1.29, 1.82) is 0 Å². The van der Waals surface area contributed by atoms with E-state index in [0.29, 0.717) is 18.3 Å². The average molecular weight is 406 g/mol. The first-order valence-corrected chi connectivity index (χ1v) is 11.2. The van der Waals surface area contributed by atoms with Crippen molar-refractivity contribution in [3.05, 3.63) is 42.2 Å². The summed E-state index contributed by atoms with van der Waals surface area (Å²) in [6.45, 7) is 1.01. The molecule has 0 bridgehead atoms. The SMILES string of the molecule is CS(=O)(=O)c1ccc(C(=O)N(CC2CCCO2)c2nc3ccccc3s2)o1. The Labute approximate surface area is 160 Å². The first kappa shape index (κ1) is 18.1. The molecule has 2 aromatic heterocycles. The van der Waals surface area contributed by atoms with E-state index in [-0.39, 0.29) is 17.0 Å². The molecular weight excluding hydrogens is 388 g/mol. The maximum absolute atomic E-state index is 13.1. The number of fused-ring (bicyclic) bond motifs is 1. The molecule has 142 valence electrons. The van der Waals surface area contributed by atoms with E-state index < -0.39 is 15.7 Å². The number of rotatable bonds is 5. The van der Waals surface area contributed by atoms with Crippen molar-refractivity contribution in [3.8, 4) is 0 Å². The fraction of sp³-hybridized carbons (Fsp3) is 0.333. The monoisotopic (exact) mass is 406 g/mol. The van der Waals surface area contributed by atoms with Crippen molar-refractivity contribution in [2.75, 3.05) is 24.3 Å². The molecule has 1 fully saturated rings. The van der Waals surface area contributed by atoms with Crippen LogP contribution in [-0.2, 0) is 14.6 Å². The summed E-state index contributed by atoms with van der Waals surface area (Å²) in [5.41, 5.74) is 0.805. The molecule has 1 atom stereocenters. The molecule has 1 aromatic carbocycles. The van der Waals surface area contributed by atoms with Gasteiger partial charge in [-0.25, -0.2) is 13.4 Å². The number of sulfone groups is 1. The van der Waals surface area contributed by atoms with Crippen molar-refractivity contribution in [2.24, 2.45) is 0 Å². The van der Waals surface area contributed by atoms with Crippen molar-refractivity contribution in [1.82, 2.24) is 4.98 Å². The van der Waals surface area contributed by atoms with Crippen LogP contribution in [0.25, 0.3) is 10.2 Å². The second-order valence-corrected chi connectivity index (χ2v) is 9.36. The molecule has 4 rings (SSSR count). The van der Waals surface area contributed by atoms with Crippen molar-refractivity contribution < 1.29 is 22.4 Å². The van der Waals surface area contributed by atoms with Gasteiger partial charge in [0.1, 0.15) is 0 Å². The summed E-state index contributed by atoms with van der Waals surface area (Å²) in [5.74, 6) is -0.466. The second kappa shape index (κ2) is 7.06. The molecule has 9 heteroatoms. The number of hydrogen-bond donors (Lipinski definition) is 0. The lowest BCUT2D eigenvalue weighted by Gasteiger charge is -2.22. The van der Waals surface area contributed by atoms with Gasteiger partial charge in [-0.3, -0.25) is 9.69 Å². The molecule has 27 heavy (non-hydrogen) atoms. The molecule has 1 aliphatic rings. The van der Waals surface area contributed by atoms with Gasteiger partial charge in [0.2, 0.25) is 14.9 Å². The number of furan rings is 1. The first-order valence-electron chi connectivity index (χ1n) is 8.51. The van der Waals surface area contributed by atoms with Gasteiger partial charge < -0.3 is 9.15 Å². The van der Waals surface area contributed by atoms with E-state index in [1.807, 2.05) is 24.3 Å². The van der Waals surface area contributed by atoms with Gasteiger partial charge in [-0.15, -0.1) is 0 Å². The van der Waals surface area contributed by atoms with Gasteiger partial charge in [-0.2, -0.15) is 0 Å². The van der Waals surface area contributed by atoms with E-state index in [2.05, 4.69) is 4.98 Å². The molecule has 1 saturated heterocycles. The minimum atomic E-state index is -3.52. The molecule has 1 unspecified atom stereocenters. The Morgan fingerprint density at radius 3 is 2.78 bits per heavy atom. The van der Waals surface area contributed by atoms with E-state index in [1.165, 1.54) is 28.4 Å². The van der Waals surface area contributed by atoms with Gasteiger partial charge in [0.25, 0.3) is 5.91 Å². The summed E-state index contributed by atoms with van der Waals surface area (Å²) >= 11 is 1.40. The predicted molar refractivity (Wildman–Crippen MR) is 102 cm³/mol. The van der Waals surface area contributed by atoms with Crippen LogP contribution in [-0.4, -0.2) is 44.8 Å². The minimum Gasteiger partial charge on any atom is -0.440 e. The lowest BCUT2D eigenvalue weighted by atomic mass is 10.2. The highest BCUT2D eigenvalue weighted by atomic mass is 32.2. The number of hydrogen-bond acceptors (Lipinski definition) is 7. The Bertz CT molecular complexity index is 1050. The number of carbonyl (C=O) groups is 1. The van der Waals surface area contributed by atoms with Gasteiger partial charge >= 0.3 is 0 Å². The third-order valence-corrected chi connectivity index (χ3v) is 6.34. The van der Waals surface area contributed by atoms with Crippen LogP contribution in [0.1, 0.15) is 23.4 Å². The van der Waals surface area contributed by atoms with E-state index in [1.54, 1.807) is 0 Å². The van der Waals surface area contributed by atoms with Gasteiger partial charge in [-0.05, 0) is 37.1 Å². The molecule has 1 aliphatic heterocycles. The lowest BCUT2D eigenvalue weighted by Crippen LogP contribution is -2.37. The van der Waals surface area contributed by atoms with Crippen LogP contribution in [0.15, 0.2) is 45.9 Å². The number of carbonyl (C=O) groups excluding carboxylic acids is 1. The summed E-state index contributed by atoms with van der Waals surface area (Å²) < 4.78 is 35.3. The highest BCUT2D eigenvalue weighted by Crippen LogP contribution is 2.31. The van der Waals surface area contributed by atoms with E-state index in [4.69, 9.17) is 9.15 Å². The lowest BCUT2D eigenvalue weighted by molar-refractivity contribution is 0.0890. The maximum Gasteiger partial charge on any atom is 0.295 e. The normalized spacial score (nSPS) is 17.4. The third kappa shape index (κ3) is 3.76. The Morgan fingerprint density at radius 1 is 1.30 bits per heavy atom. The van der Waals surface area contributed by atoms with Gasteiger partial charge in [-0.1, -0.05) is 23.5 Å². The van der Waals surface area contributed by atoms with Gasteiger partial charge in [0.05, 0.1) is 22.9 Å². The van der Waals surface area contributed by atoms with E-state index in [9.17, 15) is 13.2 Å². The molecule has 0 spiro atoms. The summed E-state index contributed by atoms with van der Waals surface area (Å²) in [5, 5.41) is 0.307. The van der Waals surface area contributed by atoms with Crippen LogP contribution < -0.4 is 4.90 Å². The number of para-hydroxylation sites is 1. The van der Waals surface area contributed by atoms with Crippen LogP contribution in [0, 0.1) is 0 Å². The first-order chi connectivity index (χ1) is 12.9. The van der Waals surface area contributed by atoms with Crippen molar-refractivity contribution in [2.45, 2.75) is 24.0 Å². The quantitative estimate of drug-likeness (QED) is 0.647. The van der Waals surface area contributed by atoms with E-state index in [0.717, 1.165) is 29.3 Å².